The molecule has 6 nitrogen and oxygen atoms in total. The van der Waals surface area contributed by atoms with E-state index in [4.69, 9.17) is 0 Å². The Morgan fingerprint density at radius 2 is 1.96 bits per heavy atom. The molecule has 4 rings (SSSR count). The minimum Gasteiger partial charge on any atom is -0.341 e. The minimum absolute atomic E-state index is 0.0146. The van der Waals surface area contributed by atoms with Gasteiger partial charge in [0, 0.05) is 37.4 Å². The molecule has 0 N–H and O–H groups in total. The summed E-state index contributed by atoms with van der Waals surface area (Å²) in [6, 6.07) is 9.37. The number of piperidine rings is 1. The maximum absolute atomic E-state index is 12.7. The first-order chi connectivity index (χ1) is 13.1. The SMILES string of the molecule is Cc1cnn(CC2CCN(C(=O)Cn3ccc4ccccc4c3=O)CC2)c1. The highest BCUT2D eigenvalue weighted by atomic mass is 16.2. The van der Waals surface area contributed by atoms with Crippen LogP contribution < -0.4 is 5.56 Å². The second-order valence-electron chi connectivity index (χ2n) is 7.40. The Morgan fingerprint density at radius 1 is 1.19 bits per heavy atom. The summed E-state index contributed by atoms with van der Waals surface area (Å²) in [6.07, 6.45) is 7.59. The number of carbonyl (C=O) groups excluding carboxylic acids is 1. The summed E-state index contributed by atoms with van der Waals surface area (Å²) in [5.41, 5.74) is 1.06. The van der Waals surface area contributed by atoms with Gasteiger partial charge in [0.2, 0.25) is 5.91 Å². The van der Waals surface area contributed by atoms with E-state index in [0.29, 0.717) is 11.3 Å². The van der Waals surface area contributed by atoms with Gasteiger partial charge >= 0.3 is 0 Å². The molecule has 1 aliphatic heterocycles. The van der Waals surface area contributed by atoms with Crippen LogP contribution in [0.4, 0.5) is 0 Å². The van der Waals surface area contributed by atoms with Crippen molar-refractivity contribution in [1.29, 1.82) is 0 Å². The third-order valence-corrected chi connectivity index (χ3v) is 5.37. The second kappa shape index (κ2) is 7.39. The standard InChI is InChI=1S/C21H24N4O2/c1-16-12-22-25(13-16)14-17-6-9-23(10-7-17)20(26)15-24-11-8-18-4-2-3-5-19(18)21(24)27/h2-5,8,11-13,17H,6-7,9-10,14-15H2,1H3. The Morgan fingerprint density at radius 3 is 2.70 bits per heavy atom. The van der Waals surface area contributed by atoms with E-state index in [-0.39, 0.29) is 18.0 Å². The molecule has 140 valence electrons. The number of hydrogen-bond donors (Lipinski definition) is 0. The highest BCUT2D eigenvalue weighted by Crippen LogP contribution is 2.19. The minimum atomic E-state index is -0.106. The quantitative estimate of drug-likeness (QED) is 0.714. The van der Waals surface area contributed by atoms with E-state index in [1.807, 2.05) is 47.0 Å². The second-order valence-corrected chi connectivity index (χ2v) is 7.40. The molecule has 0 saturated carbocycles. The van der Waals surface area contributed by atoms with Crippen molar-refractivity contribution in [3.63, 3.8) is 0 Å². The molecule has 6 heteroatoms. The van der Waals surface area contributed by atoms with E-state index in [1.165, 1.54) is 10.1 Å². The van der Waals surface area contributed by atoms with Crippen LogP contribution in [-0.2, 0) is 17.9 Å². The van der Waals surface area contributed by atoms with Crippen molar-refractivity contribution in [2.24, 2.45) is 5.92 Å². The van der Waals surface area contributed by atoms with Crippen molar-refractivity contribution < 1.29 is 4.79 Å². The fourth-order valence-corrected chi connectivity index (χ4v) is 3.80. The van der Waals surface area contributed by atoms with Crippen LogP contribution in [0.2, 0.25) is 0 Å². The van der Waals surface area contributed by atoms with Crippen LogP contribution in [0.5, 0.6) is 0 Å². The summed E-state index contributed by atoms with van der Waals surface area (Å²) in [5, 5.41) is 5.91. The maximum Gasteiger partial charge on any atom is 0.258 e. The van der Waals surface area contributed by atoms with Gasteiger partial charge < -0.3 is 9.47 Å². The Hall–Kier alpha value is -2.89. The van der Waals surface area contributed by atoms with Gasteiger partial charge in [0.25, 0.3) is 5.56 Å². The highest BCUT2D eigenvalue weighted by Gasteiger charge is 2.23. The molecule has 0 spiro atoms. The molecule has 3 heterocycles. The zero-order chi connectivity index (χ0) is 18.8. The molecular formula is C21H24N4O2. The normalized spacial score (nSPS) is 15.4. The van der Waals surface area contributed by atoms with Crippen molar-refractivity contribution >= 4 is 16.7 Å². The summed E-state index contributed by atoms with van der Waals surface area (Å²) < 4.78 is 3.51. The molecule has 0 unspecified atom stereocenters. The monoisotopic (exact) mass is 364 g/mol. The van der Waals surface area contributed by atoms with Crippen molar-refractivity contribution in [3.8, 4) is 0 Å². The first-order valence-corrected chi connectivity index (χ1v) is 9.45. The Balaban J connectivity index is 1.37. The molecule has 1 amide bonds. The maximum atomic E-state index is 12.7. The van der Waals surface area contributed by atoms with Gasteiger partial charge in [-0.05, 0) is 48.8 Å². The number of rotatable bonds is 4. The lowest BCUT2D eigenvalue weighted by molar-refractivity contribution is -0.133. The first-order valence-electron chi connectivity index (χ1n) is 9.45. The molecule has 1 aliphatic rings. The number of aromatic nitrogens is 3. The zero-order valence-electron chi connectivity index (χ0n) is 15.5. The molecule has 0 bridgehead atoms. The number of carbonyl (C=O) groups is 1. The van der Waals surface area contributed by atoms with Crippen molar-refractivity contribution in [2.75, 3.05) is 13.1 Å². The average molecular weight is 364 g/mol. The van der Waals surface area contributed by atoms with Crippen LogP contribution in [0.15, 0.2) is 53.7 Å². The van der Waals surface area contributed by atoms with Crippen molar-refractivity contribution in [3.05, 3.63) is 64.8 Å². The molecule has 1 fully saturated rings. The van der Waals surface area contributed by atoms with Crippen molar-refractivity contribution in [2.45, 2.75) is 32.9 Å². The van der Waals surface area contributed by atoms with E-state index < -0.39 is 0 Å². The van der Waals surface area contributed by atoms with Crippen LogP contribution in [-0.4, -0.2) is 38.2 Å². The first kappa shape index (κ1) is 17.5. The number of likely N-dealkylation sites (tertiary alicyclic amines) is 1. The number of amides is 1. The number of aryl methyl sites for hydroxylation is 1. The summed E-state index contributed by atoms with van der Waals surface area (Å²) in [5.74, 6) is 0.553. The van der Waals surface area contributed by atoms with Gasteiger partial charge in [0.05, 0.1) is 6.20 Å². The molecule has 2 aromatic heterocycles. The molecule has 1 aromatic carbocycles. The smallest absolute Gasteiger partial charge is 0.258 e. The van der Waals surface area contributed by atoms with Crippen LogP contribution in [0.25, 0.3) is 10.8 Å². The summed E-state index contributed by atoms with van der Waals surface area (Å²) in [6.45, 7) is 4.53. The molecule has 3 aromatic rings. The van der Waals surface area contributed by atoms with Crippen LogP contribution in [0, 0.1) is 12.8 Å². The number of hydrogen-bond acceptors (Lipinski definition) is 3. The van der Waals surface area contributed by atoms with Gasteiger partial charge in [-0.15, -0.1) is 0 Å². The van der Waals surface area contributed by atoms with Gasteiger partial charge in [-0.25, -0.2) is 0 Å². The lowest BCUT2D eigenvalue weighted by atomic mass is 9.97. The van der Waals surface area contributed by atoms with E-state index in [2.05, 4.69) is 11.3 Å². The molecular weight excluding hydrogens is 340 g/mol. The van der Waals surface area contributed by atoms with E-state index in [1.54, 1.807) is 12.3 Å². The van der Waals surface area contributed by atoms with Gasteiger partial charge in [-0.1, -0.05) is 18.2 Å². The van der Waals surface area contributed by atoms with E-state index >= 15 is 0 Å². The molecule has 27 heavy (non-hydrogen) atoms. The Kier molecular flexibility index (Phi) is 4.79. The third-order valence-electron chi connectivity index (χ3n) is 5.37. The Bertz CT molecular complexity index is 1010. The number of benzene rings is 1. The molecule has 0 radical (unpaired) electrons. The fraction of sp³-hybridized carbons (Fsp3) is 0.381. The van der Waals surface area contributed by atoms with Crippen LogP contribution in [0.1, 0.15) is 18.4 Å². The molecule has 0 atom stereocenters. The van der Waals surface area contributed by atoms with Gasteiger partial charge in [-0.3, -0.25) is 14.3 Å². The summed E-state index contributed by atoms with van der Waals surface area (Å²) in [7, 11) is 0. The average Bonchev–Trinajstić information content (AvgIpc) is 3.09. The zero-order valence-corrected chi connectivity index (χ0v) is 15.5. The summed E-state index contributed by atoms with van der Waals surface area (Å²) in [4.78, 5) is 27.1. The third kappa shape index (κ3) is 3.79. The Labute approximate surface area is 158 Å². The van der Waals surface area contributed by atoms with Gasteiger partial charge in [0.15, 0.2) is 0 Å². The van der Waals surface area contributed by atoms with Crippen molar-refractivity contribution in [1.82, 2.24) is 19.2 Å². The number of nitrogens with zero attached hydrogens (tertiary/aromatic N) is 4. The van der Waals surface area contributed by atoms with Crippen LogP contribution in [0.3, 0.4) is 0 Å². The molecule has 0 aliphatic carbocycles. The highest BCUT2D eigenvalue weighted by molar-refractivity contribution is 5.82. The van der Waals surface area contributed by atoms with Gasteiger partial charge in [0.1, 0.15) is 6.54 Å². The topological polar surface area (TPSA) is 60.1 Å². The predicted molar refractivity (Wildman–Crippen MR) is 104 cm³/mol. The largest absolute Gasteiger partial charge is 0.341 e. The lowest BCUT2D eigenvalue weighted by Crippen LogP contribution is -2.42. The lowest BCUT2D eigenvalue weighted by Gasteiger charge is -2.32. The van der Waals surface area contributed by atoms with Crippen LogP contribution >= 0.6 is 0 Å². The number of fused-ring (bicyclic) bond motifs is 1. The fourth-order valence-electron chi connectivity index (χ4n) is 3.80. The summed E-state index contributed by atoms with van der Waals surface area (Å²) >= 11 is 0. The number of pyridine rings is 1. The van der Waals surface area contributed by atoms with E-state index in [0.717, 1.165) is 37.9 Å². The van der Waals surface area contributed by atoms with Gasteiger partial charge in [-0.2, -0.15) is 5.10 Å². The predicted octanol–water partition coefficient (Wildman–Crippen LogP) is 2.45. The molecule has 1 saturated heterocycles. The van der Waals surface area contributed by atoms with E-state index in [9.17, 15) is 9.59 Å².